The third kappa shape index (κ3) is 4.12. The lowest BCUT2D eigenvalue weighted by Gasteiger charge is -2.14. The van der Waals surface area contributed by atoms with E-state index in [-0.39, 0.29) is 5.82 Å². The molecule has 0 unspecified atom stereocenters. The molecule has 0 amide bonds. The Morgan fingerprint density at radius 1 is 1.16 bits per heavy atom. The van der Waals surface area contributed by atoms with Crippen molar-refractivity contribution in [2.45, 2.75) is 32.1 Å². The molecule has 0 spiro atoms. The highest BCUT2D eigenvalue weighted by Crippen LogP contribution is 2.36. The number of ether oxygens (including phenoxy) is 1. The van der Waals surface area contributed by atoms with Crippen molar-refractivity contribution < 1.29 is 4.74 Å². The maximum atomic E-state index is 6.56. The number of benzene rings is 1. The largest absolute Gasteiger partial charge is 0.475 e. The Kier molecular flexibility index (Phi) is 5.66. The van der Waals surface area contributed by atoms with Crippen LogP contribution in [0.4, 0.5) is 5.82 Å². The summed E-state index contributed by atoms with van der Waals surface area (Å²) in [4.78, 5) is 13.8. The maximum Gasteiger partial charge on any atom is 0.257 e. The van der Waals surface area contributed by atoms with E-state index in [9.17, 15) is 0 Å². The van der Waals surface area contributed by atoms with Crippen LogP contribution in [0, 0.1) is 5.92 Å². The van der Waals surface area contributed by atoms with Crippen molar-refractivity contribution in [3.05, 3.63) is 47.7 Å². The van der Waals surface area contributed by atoms with Crippen molar-refractivity contribution in [1.82, 2.24) is 24.7 Å². The van der Waals surface area contributed by atoms with E-state index in [1.165, 1.54) is 25.7 Å². The summed E-state index contributed by atoms with van der Waals surface area (Å²) in [7, 11) is 1.86. The fourth-order valence-corrected chi connectivity index (χ4v) is 4.64. The van der Waals surface area contributed by atoms with Gasteiger partial charge in [0.1, 0.15) is 17.1 Å². The summed E-state index contributed by atoms with van der Waals surface area (Å²) < 4.78 is 7.73. The average molecular weight is 449 g/mol. The zero-order valence-corrected chi connectivity index (χ0v) is 18.7. The molecule has 0 saturated heterocycles. The summed E-state index contributed by atoms with van der Waals surface area (Å²) >= 11 is 6.56. The van der Waals surface area contributed by atoms with Crippen LogP contribution in [0.5, 0.6) is 5.88 Å². The summed E-state index contributed by atoms with van der Waals surface area (Å²) in [6.07, 6.45) is 9.77. The molecule has 32 heavy (non-hydrogen) atoms. The molecule has 0 radical (unpaired) electrons. The Morgan fingerprint density at radius 3 is 2.78 bits per heavy atom. The van der Waals surface area contributed by atoms with Crippen molar-refractivity contribution in [1.29, 1.82) is 0 Å². The first-order valence-corrected chi connectivity index (χ1v) is 11.3. The van der Waals surface area contributed by atoms with Crippen molar-refractivity contribution in [2.75, 3.05) is 12.3 Å². The van der Waals surface area contributed by atoms with Crippen molar-refractivity contribution in [3.8, 4) is 28.5 Å². The van der Waals surface area contributed by atoms with Crippen LogP contribution in [0.3, 0.4) is 0 Å². The second-order valence-corrected chi connectivity index (χ2v) is 8.71. The second kappa shape index (κ2) is 8.74. The number of aromatic nitrogens is 5. The highest BCUT2D eigenvalue weighted by Gasteiger charge is 2.20. The number of hydrogen-bond donors (Lipinski definition) is 1. The van der Waals surface area contributed by atoms with Crippen LogP contribution in [0.2, 0.25) is 5.02 Å². The Bertz CT molecular complexity index is 1260. The number of nitrogens with zero attached hydrogens (tertiary/aromatic N) is 5. The predicted octanol–water partition coefficient (Wildman–Crippen LogP) is 5.29. The van der Waals surface area contributed by atoms with E-state index in [2.05, 4.69) is 15.1 Å². The van der Waals surface area contributed by atoms with E-state index in [1.54, 1.807) is 10.9 Å². The number of halogens is 1. The molecular weight excluding hydrogens is 424 g/mol. The number of rotatable bonds is 6. The lowest BCUT2D eigenvalue weighted by Crippen LogP contribution is -2.09. The Balaban J connectivity index is 1.56. The van der Waals surface area contributed by atoms with Crippen LogP contribution in [-0.2, 0) is 7.05 Å². The van der Waals surface area contributed by atoms with Gasteiger partial charge in [-0.15, -0.1) is 0 Å². The van der Waals surface area contributed by atoms with E-state index >= 15 is 0 Å². The minimum absolute atomic E-state index is 0.259. The molecule has 1 aliphatic carbocycles. The topological polar surface area (TPSA) is 91.7 Å². The molecule has 1 aliphatic rings. The zero-order valence-electron chi connectivity index (χ0n) is 18.0. The molecule has 1 fully saturated rings. The number of anilines is 1. The summed E-state index contributed by atoms with van der Waals surface area (Å²) in [5, 5.41) is 5.98. The summed E-state index contributed by atoms with van der Waals surface area (Å²) in [6, 6.07) is 9.60. The second-order valence-electron chi connectivity index (χ2n) is 8.31. The molecule has 1 aromatic carbocycles. The molecule has 1 saturated carbocycles. The van der Waals surface area contributed by atoms with Crippen molar-refractivity contribution in [3.63, 3.8) is 0 Å². The molecule has 0 atom stereocenters. The molecule has 164 valence electrons. The van der Waals surface area contributed by atoms with Gasteiger partial charge < -0.3 is 10.5 Å². The van der Waals surface area contributed by atoms with Gasteiger partial charge >= 0.3 is 0 Å². The van der Waals surface area contributed by atoms with Gasteiger partial charge in [0.15, 0.2) is 5.82 Å². The average Bonchev–Trinajstić information content (AvgIpc) is 3.46. The number of pyridine rings is 1. The molecular formula is C24H25ClN6O. The Hall–Kier alpha value is -3.19. The maximum absolute atomic E-state index is 6.56. The number of aryl methyl sites for hydroxylation is 1. The van der Waals surface area contributed by atoms with E-state index in [0.717, 1.165) is 28.8 Å². The highest BCUT2D eigenvalue weighted by molar-refractivity contribution is 6.35. The van der Waals surface area contributed by atoms with Crippen LogP contribution in [0.25, 0.3) is 33.5 Å². The van der Waals surface area contributed by atoms with Gasteiger partial charge in [-0.1, -0.05) is 43.4 Å². The Morgan fingerprint density at radius 2 is 2.00 bits per heavy atom. The van der Waals surface area contributed by atoms with Gasteiger partial charge in [0, 0.05) is 30.4 Å². The smallest absolute Gasteiger partial charge is 0.257 e. The van der Waals surface area contributed by atoms with Crippen LogP contribution in [0.1, 0.15) is 32.1 Å². The fraction of sp³-hybridized carbons (Fsp3) is 0.333. The van der Waals surface area contributed by atoms with E-state index < -0.39 is 0 Å². The first-order valence-electron chi connectivity index (χ1n) is 10.9. The van der Waals surface area contributed by atoms with Gasteiger partial charge in [-0.3, -0.25) is 9.67 Å². The molecule has 0 aliphatic heterocycles. The number of nitrogen functional groups attached to an aromatic ring is 1. The zero-order chi connectivity index (χ0) is 22.1. The number of fused-ring (bicyclic) bond motifs is 1. The first-order chi connectivity index (χ1) is 15.6. The van der Waals surface area contributed by atoms with E-state index in [4.69, 9.17) is 27.1 Å². The standard InChI is InChI=1S/C24H25ClN6O/c1-31-11-8-19(30-31)22-21(17-13-16-7-4-10-27-20(16)18(25)14-17)29-24(23(26)28-22)32-12-9-15-5-2-3-6-15/h4,7-8,10-11,13-15H,2-3,5-6,9,12H2,1H3,(H2,26,28). The lowest BCUT2D eigenvalue weighted by molar-refractivity contribution is 0.271. The molecule has 0 bridgehead atoms. The van der Waals surface area contributed by atoms with E-state index in [1.807, 2.05) is 43.6 Å². The number of nitrogens with two attached hydrogens (primary N) is 1. The third-order valence-electron chi connectivity index (χ3n) is 6.02. The molecule has 3 heterocycles. The van der Waals surface area contributed by atoms with Gasteiger partial charge in [-0.05, 0) is 36.6 Å². The molecule has 2 N–H and O–H groups in total. The minimum atomic E-state index is 0.259. The molecule has 3 aromatic heterocycles. The van der Waals surface area contributed by atoms with Crippen molar-refractivity contribution in [2.24, 2.45) is 13.0 Å². The number of hydrogen-bond acceptors (Lipinski definition) is 6. The summed E-state index contributed by atoms with van der Waals surface area (Å²) in [5.74, 6) is 1.33. The first kappa shape index (κ1) is 20.7. The van der Waals surface area contributed by atoms with Crippen LogP contribution < -0.4 is 10.5 Å². The van der Waals surface area contributed by atoms with Crippen LogP contribution in [0.15, 0.2) is 42.7 Å². The third-order valence-corrected chi connectivity index (χ3v) is 6.30. The van der Waals surface area contributed by atoms with Crippen LogP contribution in [-0.4, -0.2) is 31.3 Å². The molecule has 5 rings (SSSR count). The Labute approximate surface area is 191 Å². The quantitative estimate of drug-likeness (QED) is 0.431. The predicted molar refractivity (Wildman–Crippen MR) is 126 cm³/mol. The molecule has 7 nitrogen and oxygen atoms in total. The van der Waals surface area contributed by atoms with Gasteiger partial charge in [-0.2, -0.15) is 5.10 Å². The minimum Gasteiger partial charge on any atom is -0.475 e. The monoisotopic (exact) mass is 448 g/mol. The van der Waals surface area contributed by atoms with Gasteiger partial charge in [0.05, 0.1) is 17.1 Å². The molecule has 8 heteroatoms. The normalized spacial score (nSPS) is 14.3. The summed E-state index contributed by atoms with van der Waals surface area (Å²) in [5.41, 5.74) is 9.71. The summed E-state index contributed by atoms with van der Waals surface area (Å²) in [6.45, 7) is 0.578. The van der Waals surface area contributed by atoms with Gasteiger partial charge in [0.2, 0.25) is 0 Å². The molecule has 4 aromatic rings. The van der Waals surface area contributed by atoms with E-state index in [0.29, 0.717) is 34.6 Å². The highest BCUT2D eigenvalue weighted by atomic mass is 35.5. The van der Waals surface area contributed by atoms with Gasteiger partial charge in [-0.25, -0.2) is 9.97 Å². The van der Waals surface area contributed by atoms with Crippen molar-refractivity contribution >= 4 is 28.3 Å². The van der Waals surface area contributed by atoms with Gasteiger partial charge in [0.25, 0.3) is 5.88 Å². The van der Waals surface area contributed by atoms with Crippen LogP contribution >= 0.6 is 11.6 Å². The SMILES string of the molecule is Cn1ccc(-c2nc(N)c(OCCC3CCCC3)nc2-c2cc(Cl)c3ncccc3c2)n1. The fourth-order valence-electron chi connectivity index (χ4n) is 4.37. The lowest BCUT2D eigenvalue weighted by atomic mass is 10.0.